The first-order valence-electron chi connectivity index (χ1n) is 21.4. The molecule has 0 bridgehead atoms. The first-order chi connectivity index (χ1) is 23.5. The highest BCUT2D eigenvalue weighted by atomic mass is 16.7. The van der Waals surface area contributed by atoms with E-state index in [1.54, 1.807) is 0 Å². The van der Waals surface area contributed by atoms with Gasteiger partial charge in [-0.2, -0.15) is 0 Å². The Morgan fingerprint density at radius 3 is 1.12 bits per heavy atom. The molecule has 0 aliphatic rings. The van der Waals surface area contributed by atoms with Crippen molar-refractivity contribution < 1.29 is 14.6 Å². The number of unbranched alkanes of at least 4 members (excludes halogenated alkanes) is 24. The Morgan fingerprint density at radius 2 is 0.792 bits per heavy atom. The molecule has 0 aliphatic carbocycles. The van der Waals surface area contributed by atoms with E-state index in [1.165, 1.54) is 167 Å². The molecular weight excluding hydrogens is 588 g/mol. The van der Waals surface area contributed by atoms with Crippen molar-refractivity contribution in [1.29, 1.82) is 0 Å². The van der Waals surface area contributed by atoms with Gasteiger partial charge in [0.2, 0.25) is 0 Å². The van der Waals surface area contributed by atoms with Gasteiger partial charge < -0.3 is 14.6 Å². The second kappa shape index (κ2) is 37.6. The normalized spacial score (nSPS) is 13.1. The summed E-state index contributed by atoms with van der Waals surface area (Å²) in [5, 5.41) is 9.75. The van der Waals surface area contributed by atoms with Crippen LogP contribution in [0.1, 0.15) is 220 Å². The number of allylic oxidation sites excluding steroid dienone is 4. The predicted octanol–water partition coefficient (Wildman–Crippen LogP) is 14.7. The number of aliphatic hydroxyl groups excluding tert-OH is 1. The molecule has 1 N–H and O–H groups in total. The monoisotopic (exact) mass is 676 g/mol. The largest absolute Gasteiger partial charge is 0.396 e. The van der Waals surface area contributed by atoms with Crippen molar-refractivity contribution >= 4 is 0 Å². The molecular formula is C45H87O3. The van der Waals surface area contributed by atoms with E-state index >= 15 is 0 Å². The molecule has 3 heteroatoms. The number of aliphatic hydroxyl groups is 1. The fourth-order valence-electron chi connectivity index (χ4n) is 6.20. The summed E-state index contributed by atoms with van der Waals surface area (Å²) < 4.78 is 12.5. The highest BCUT2D eigenvalue weighted by Gasteiger charge is 2.26. The van der Waals surface area contributed by atoms with E-state index in [0.29, 0.717) is 0 Å². The number of hydrogen-bond acceptors (Lipinski definition) is 3. The number of ether oxygens (including phenoxy) is 2. The molecule has 285 valence electrons. The zero-order valence-corrected chi connectivity index (χ0v) is 33.3. The molecule has 0 aromatic heterocycles. The number of hydrogen-bond donors (Lipinski definition) is 1. The Hall–Kier alpha value is -0.640. The standard InChI is InChI=1S/C45H87O3/c1-6-8-10-12-14-16-18-20-22-24-26-28-30-32-34-36-40-47-44(39-38-43(3)45(4,5)42-46)48-41-37-35-33-31-29-27-25-23-21-19-17-15-13-11-9-7-2/h20-23,43-44,46H,3,6-19,24-42H2,1-2,4-5H3/b22-20-,23-21-. The lowest BCUT2D eigenvalue weighted by Gasteiger charge is -2.30. The summed E-state index contributed by atoms with van der Waals surface area (Å²) in [7, 11) is 0. The molecule has 0 heterocycles. The van der Waals surface area contributed by atoms with Gasteiger partial charge in [0.1, 0.15) is 0 Å². The quantitative estimate of drug-likeness (QED) is 0.0400. The van der Waals surface area contributed by atoms with Crippen molar-refractivity contribution in [3.63, 3.8) is 0 Å². The van der Waals surface area contributed by atoms with Crippen LogP contribution in [0, 0.1) is 18.3 Å². The molecule has 0 rings (SSSR count). The van der Waals surface area contributed by atoms with E-state index in [4.69, 9.17) is 9.47 Å². The van der Waals surface area contributed by atoms with E-state index in [1.807, 2.05) is 0 Å². The summed E-state index contributed by atoms with van der Waals surface area (Å²) in [6.45, 7) is 14.8. The van der Waals surface area contributed by atoms with Gasteiger partial charge in [0, 0.05) is 19.8 Å². The molecule has 1 atom stereocenters. The zero-order valence-electron chi connectivity index (χ0n) is 33.3. The van der Waals surface area contributed by atoms with Crippen molar-refractivity contribution in [3.8, 4) is 0 Å². The summed E-state index contributed by atoms with van der Waals surface area (Å²) in [5.74, 6) is 0.188. The molecule has 0 amide bonds. The van der Waals surface area contributed by atoms with Gasteiger partial charge in [0.15, 0.2) is 6.29 Å². The van der Waals surface area contributed by atoms with E-state index < -0.39 is 0 Å². The maximum absolute atomic E-state index is 9.75. The van der Waals surface area contributed by atoms with E-state index in [9.17, 15) is 5.11 Å². The van der Waals surface area contributed by atoms with Crippen LogP contribution >= 0.6 is 0 Å². The van der Waals surface area contributed by atoms with Crippen LogP contribution in [-0.4, -0.2) is 31.2 Å². The maximum Gasteiger partial charge on any atom is 0.157 e. The Morgan fingerprint density at radius 1 is 0.479 bits per heavy atom. The van der Waals surface area contributed by atoms with Crippen LogP contribution in [0.5, 0.6) is 0 Å². The van der Waals surface area contributed by atoms with Gasteiger partial charge in [-0.25, -0.2) is 0 Å². The average Bonchev–Trinajstić information content (AvgIpc) is 3.09. The molecule has 0 spiro atoms. The lowest BCUT2D eigenvalue weighted by molar-refractivity contribution is -0.150. The third kappa shape index (κ3) is 33.8. The van der Waals surface area contributed by atoms with E-state index in [0.717, 1.165) is 38.9 Å². The highest BCUT2D eigenvalue weighted by molar-refractivity contribution is 4.82. The fraction of sp³-hybridized carbons (Fsp3) is 0.889. The molecule has 0 aliphatic heterocycles. The molecule has 1 unspecified atom stereocenters. The van der Waals surface area contributed by atoms with Crippen LogP contribution < -0.4 is 0 Å². The highest BCUT2D eigenvalue weighted by Crippen LogP contribution is 2.30. The molecule has 0 aromatic carbocycles. The van der Waals surface area contributed by atoms with E-state index in [2.05, 4.69) is 58.9 Å². The summed E-state index contributed by atoms with van der Waals surface area (Å²) in [4.78, 5) is 0. The lowest BCUT2D eigenvalue weighted by Crippen LogP contribution is -2.28. The van der Waals surface area contributed by atoms with Crippen LogP contribution in [-0.2, 0) is 9.47 Å². The fourth-order valence-corrected chi connectivity index (χ4v) is 6.20. The third-order valence-corrected chi connectivity index (χ3v) is 10.2. The van der Waals surface area contributed by atoms with Gasteiger partial charge in [0.25, 0.3) is 0 Å². The minimum absolute atomic E-state index is 0.144. The molecule has 0 saturated carbocycles. The van der Waals surface area contributed by atoms with Crippen molar-refractivity contribution in [2.24, 2.45) is 11.3 Å². The second-order valence-corrected chi connectivity index (χ2v) is 15.5. The van der Waals surface area contributed by atoms with Crippen LogP contribution in [0.15, 0.2) is 24.3 Å². The van der Waals surface area contributed by atoms with Crippen LogP contribution in [0.3, 0.4) is 0 Å². The zero-order chi connectivity index (χ0) is 35.2. The molecule has 0 aromatic rings. The summed E-state index contributed by atoms with van der Waals surface area (Å²) in [6.07, 6.45) is 48.3. The van der Waals surface area contributed by atoms with Crippen LogP contribution in [0.4, 0.5) is 0 Å². The SMILES string of the molecule is [CH2]C(CCC(OCCCCCCCC/C=C\CCCCCCCC)OCCCCCCCC/C=C\CCCCCCCC)C(C)(C)CO. The Kier molecular flexibility index (Phi) is 37.1. The maximum atomic E-state index is 9.75. The lowest BCUT2D eigenvalue weighted by atomic mass is 9.78. The van der Waals surface area contributed by atoms with Gasteiger partial charge in [-0.1, -0.05) is 168 Å². The molecule has 1 radical (unpaired) electrons. The molecule has 0 fully saturated rings. The van der Waals surface area contributed by atoms with Crippen molar-refractivity contribution in [2.45, 2.75) is 227 Å². The number of rotatable bonds is 39. The van der Waals surface area contributed by atoms with Crippen molar-refractivity contribution in [2.75, 3.05) is 19.8 Å². The van der Waals surface area contributed by atoms with Gasteiger partial charge in [-0.05, 0) is 95.3 Å². The third-order valence-electron chi connectivity index (χ3n) is 10.2. The van der Waals surface area contributed by atoms with Crippen LogP contribution in [0.2, 0.25) is 0 Å². The van der Waals surface area contributed by atoms with Crippen molar-refractivity contribution in [1.82, 2.24) is 0 Å². The summed E-state index contributed by atoms with van der Waals surface area (Å²) >= 11 is 0. The minimum atomic E-state index is -0.169. The topological polar surface area (TPSA) is 38.7 Å². The van der Waals surface area contributed by atoms with E-state index in [-0.39, 0.29) is 24.2 Å². The molecule has 0 saturated heterocycles. The second-order valence-electron chi connectivity index (χ2n) is 15.5. The van der Waals surface area contributed by atoms with Crippen LogP contribution in [0.25, 0.3) is 0 Å². The summed E-state index contributed by atoms with van der Waals surface area (Å²) in [5.41, 5.74) is -0.169. The first kappa shape index (κ1) is 47.4. The van der Waals surface area contributed by atoms with Crippen molar-refractivity contribution in [3.05, 3.63) is 31.2 Å². The summed E-state index contributed by atoms with van der Waals surface area (Å²) in [6, 6.07) is 0. The van der Waals surface area contributed by atoms with Gasteiger partial charge >= 0.3 is 0 Å². The van der Waals surface area contributed by atoms with Gasteiger partial charge in [0.05, 0.1) is 0 Å². The van der Waals surface area contributed by atoms with Gasteiger partial charge in [-0.15, -0.1) is 0 Å². The Balaban J connectivity index is 3.95. The first-order valence-corrected chi connectivity index (χ1v) is 21.4. The minimum Gasteiger partial charge on any atom is -0.396 e. The predicted molar refractivity (Wildman–Crippen MR) is 214 cm³/mol. The van der Waals surface area contributed by atoms with Gasteiger partial charge in [-0.3, -0.25) is 0 Å². The Labute approximate surface area is 302 Å². The Bertz CT molecular complexity index is 625. The molecule has 48 heavy (non-hydrogen) atoms. The molecule has 3 nitrogen and oxygen atoms in total. The smallest absolute Gasteiger partial charge is 0.157 e. The average molecular weight is 676 g/mol.